The molecule has 1 aliphatic heterocycles. The van der Waals surface area contributed by atoms with Crippen molar-refractivity contribution in [3.63, 3.8) is 0 Å². The summed E-state index contributed by atoms with van der Waals surface area (Å²) >= 11 is 0. The summed E-state index contributed by atoms with van der Waals surface area (Å²) in [6.45, 7) is 6.79. The number of nitrogens with zero attached hydrogens (tertiary/aromatic N) is 3. The van der Waals surface area contributed by atoms with Crippen molar-refractivity contribution in [3.05, 3.63) is 18.0 Å². The SMILES string of the molecule is CC(C)CNc1ncc(C(=O)N2CCCCC2)cn1. The molecule has 0 aromatic carbocycles. The molecule has 1 N–H and O–H groups in total. The van der Waals surface area contributed by atoms with Crippen LogP contribution in [0.2, 0.25) is 0 Å². The molecule has 2 heterocycles. The number of carbonyl (C=O) groups excluding carboxylic acids is 1. The first-order valence-electron chi connectivity index (χ1n) is 7.02. The number of anilines is 1. The summed E-state index contributed by atoms with van der Waals surface area (Å²) in [6, 6.07) is 0. The Morgan fingerprint density at radius 1 is 1.26 bits per heavy atom. The lowest BCUT2D eigenvalue weighted by Gasteiger charge is -2.26. The lowest BCUT2D eigenvalue weighted by atomic mass is 10.1. The molecule has 2 rings (SSSR count). The maximum absolute atomic E-state index is 12.2. The van der Waals surface area contributed by atoms with Crippen LogP contribution in [0.4, 0.5) is 5.95 Å². The Kier molecular flexibility index (Phi) is 4.71. The zero-order valence-electron chi connectivity index (χ0n) is 11.7. The highest BCUT2D eigenvalue weighted by Crippen LogP contribution is 2.12. The molecule has 0 radical (unpaired) electrons. The second kappa shape index (κ2) is 6.50. The van der Waals surface area contributed by atoms with Crippen LogP contribution in [-0.4, -0.2) is 40.4 Å². The van der Waals surface area contributed by atoms with Crippen molar-refractivity contribution in [2.24, 2.45) is 5.92 Å². The van der Waals surface area contributed by atoms with Gasteiger partial charge in [-0.15, -0.1) is 0 Å². The summed E-state index contributed by atoms with van der Waals surface area (Å²) in [6.07, 6.45) is 6.65. The average molecular weight is 262 g/mol. The Hall–Kier alpha value is -1.65. The fourth-order valence-electron chi connectivity index (χ4n) is 2.10. The third-order valence-corrected chi connectivity index (χ3v) is 3.21. The third kappa shape index (κ3) is 3.91. The predicted octanol–water partition coefficient (Wildman–Crippen LogP) is 2.17. The predicted molar refractivity (Wildman–Crippen MR) is 75.1 cm³/mol. The Balaban J connectivity index is 1.95. The average Bonchev–Trinajstić information content (AvgIpc) is 2.46. The van der Waals surface area contributed by atoms with Gasteiger partial charge in [-0.05, 0) is 25.2 Å². The van der Waals surface area contributed by atoms with Crippen molar-refractivity contribution in [2.75, 3.05) is 25.0 Å². The van der Waals surface area contributed by atoms with E-state index in [1.54, 1.807) is 12.4 Å². The van der Waals surface area contributed by atoms with Crippen molar-refractivity contribution in [1.29, 1.82) is 0 Å². The van der Waals surface area contributed by atoms with Crippen LogP contribution in [0.1, 0.15) is 43.5 Å². The highest BCUT2D eigenvalue weighted by molar-refractivity contribution is 5.93. The highest BCUT2D eigenvalue weighted by atomic mass is 16.2. The van der Waals surface area contributed by atoms with Crippen molar-refractivity contribution in [3.8, 4) is 0 Å². The number of rotatable bonds is 4. The van der Waals surface area contributed by atoms with Crippen LogP contribution in [0, 0.1) is 5.92 Å². The number of carbonyl (C=O) groups is 1. The Morgan fingerprint density at radius 2 is 1.89 bits per heavy atom. The van der Waals surface area contributed by atoms with E-state index in [0.717, 1.165) is 32.5 Å². The van der Waals surface area contributed by atoms with E-state index in [-0.39, 0.29) is 5.91 Å². The van der Waals surface area contributed by atoms with E-state index in [4.69, 9.17) is 0 Å². The number of likely N-dealkylation sites (tertiary alicyclic amines) is 1. The van der Waals surface area contributed by atoms with E-state index in [9.17, 15) is 4.79 Å². The van der Waals surface area contributed by atoms with E-state index in [2.05, 4.69) is 29.1 Å². The van der Waals surface area contributed by atoms with Crippen LogP contribution >= 0.6 is 0 Å². The van der Waals surface area contributed by atoms with E-state index in [0.29, 0.717) is 17.4 Å². The fourth-order valence-corrected chi connectivity index (χ4v) is 2.10. The topological polar surface area (TPSA) is 58.1 Å². The van der Waals surface area contributed by atoms with Crippen LogP contribution < -0.4 is 5.32 Å². The summed E-state index contributed by atoms with van der Waals surface area (Å²) in [5, 5.41) is 3.14. The molecule has 0 bridgehead atoms. The molecule has 104 valence electrons. The van der Waals surface area contributed by atoms with Gasteiger partial charge in [0.1, 0.15) is 0 Å². The smallest absolute Gasteiger partial charge is 0.256 e. The van der Waals surface area contributed by atoms with Gasteiger partial charge in [0.2, 0.25) is 5.95 Å². The monoisotopic (exact) mass is 262 g/mol. The number of hydrogen-bond acceptors (Lipinski definition) is 4. The lowest BCUT2D eigenvalue weighted by Crippen LogP contribution is -2.35. The van der Waals surface area contributed by atoms with Gasteiger partial charge in [-0.1, -0.05) is 13.8 Å². The summed E-state index contributed by atoms with van der Waals surface area (Å²) in [5.41, 5.74) is 0.581. The van der Waals surface area contributed by atoms with Crippen LogP contribution in [0.3, 0.4) is 0 Å². The van der Waals surface area contributed by atoms with E-state index in [1.807, 2.05) is 4.90 Å². The van der Waals surface area contributed by atoms with Gasteiger partial charge in [0.25, 0.3) is 5.91 Å². The summed E-state index contributed by atoms with van der Waals surface area (Å²) in [4.78, 5) is 22.5. The number of nitrogens with one attached hydrogen (secondary N) is 1. The maximum atomic E-state index is 12.2. The van der Waals surface area contributed by atoms with Crippen molar-refractivity contribution >= 4 is 11.9 Å². The molecule has 5 nitrogen and oxygen atoms in total. The van der Waals surface area contributed by atoms with E-state index < -0.39 is 0 Å². The van der Waals surface area contributed by atoms with Gasteiger partial charge in [-0.2, -0.15) is 0 Å². The molecule has 1 aromatic heterocycles. The second-order valence-corrected chi connectivity index (χ2v) is 5.42. The quantitative estimate of drug-likeness (QED) is 0.903. The first-order chi connectivity index (χ1) is 9.16. The van der Waals surface area contributed by atoms with Crippen molar-refractivity contribution in [2.45, 2.75) is 33.1 Å². The van der Waals surface area contributed by atoms with E-state index in [1.165, 1.54) is 6.42 Å². The number of piperidine rings is 1. The second-order valence-electron chi connectivity index (χ2n) is 5.42. The molecule has 1 aliphatic rings. The van der Waals surface area contributed by atoms with E-state index >= 15 is 0 Å². The van der Waals surface area contributed by atoms with Gasteiger partial charge in [-0.25, -0.2) is 9.97 Å². The van der Waals surface area contributed by atoms with Gasteiger partial charge in [-0.3, -0.25) is 4.79 Å². The molecule has 19 heavy (non-hydrogen) atoms. The largest absolute Gasteiger partial charge is 0.354 e. The summed E-state index contributed by atoms with van der Waals surface area (Å²) in [5.74, 6) is 1.18. The van der Waals surface area contributed by atoms with Crippen LogP contribution in [0.15, 0.2) is 12.4 Å². The number of aromatic nitrogens is 2. The molecule has 0 saturated carbocycles. The van der Waals surface area contributed by atoms with Crippen molar-refractivity contribution < 1.29 is 4.79 Å². The lowest BCUT2D eigenvalue weighted by molar-refractivity contribution is 0.0723. The Morgan fingerprint density at radius 3 is 2.47 bits per heavy atom. The molecule has 1 fully saturated rings. The minimum absolute atomic E-state index is 0.0510. The molecule has 1 aromatic rings. The minimum Gasteiger partial charge on any atom is -0.354 e. The minimum atomic E-state index is 0.0510. The Bertz CT molecular complexity index is 410. The number of hydrogen-bond donors (Lipinski definition) is 1. The summed E-state index contributed by atoms with van der Waals surface area (Å²) in [7, 11) is 0. The zero-order chi connectivity index (χ0) is 13.7. The fraction of sp³-hybridized carbons (Fsp3) is 0.643. The van der Waals surface area contributed by atoms with Crippen LogP contribution in [-0.2, 0) is 0 Å². The first-order valence-corrected chi connectivity index (χ1v) is 7.02. The van der Waals surface area contributed by atoms with Crippen LogP contribution in [0.25, 0.3) is 0 Å². The van der Waals surface area contributed by atoms with Gasteiger partial charge >= 0.3 is 0 Å². The molecular weight excluding hydrogens is 240 g/mol. The van der Waals surface area contributed by atoms with Crippen molar-refractivity contribution in [1.82, 2.24) is 14.9 Å². The molecule has 0 unspecified atom stereocenters. The molecular formula is C14H22N4O. The molecule has 1 saturated heterocycles. The Labute approximate surface area is 114 Å². The molecule has 1 amide bonds. The molecule has 0 aliphatic carbocycles. The normalized spacial score (nSPS) is 15.6. The summed E-state index contributed by atoms with van der Waals surface area (Å²) < 4.78 is 0. The zero-order valence-corrected chi connectivity index (χ0v) is 11.7. The standard InChI is InChI=1S/C14H22N4O/c1-11(2)8-15-14-16-9-12(10-17-14)13(19)18-6-4-3-5-7-18/h9-11H,3-8H2,1-2H3,(H,15,16,17). The highest BCUT2D eigenvalue weighted by Gasteiger charge is 2.18. The maximum Gasteiger partial charge on any atom is 0.256 e. The van der Waals surface area contributed by atoms with Gasteiger partial charge in [0.15, 0.2) is 0 Å². The van der Waals surface area contributed by atoms with Crippen LogP contribution in [0.5, 0.6) is 0 Å². The number of amides is 1. The molecule has 5 heteroatoms. The molecule has 0 spiro atoms. The molecule has 0 atom stereocenters. The third-order valence-electron chi connectivity index (χ3n) is 3.21. The van der Waals surface area contributed by atoms with Gasteiger partial charge in [0.05, 0.1) is 5.56 Å². The van der Waals surface area contributed by atoms with Gasteiger partial charge in [0, 0.05) is 32.0 Å². The first kappa shape index (κ1) is 13.8. The van der Waals surface area contributed by atoms with Gasteiger partial charge < -0.3 is 10.2 Å².